The molecule has 10 aliphatic rings. The van der Waals surface area contributed by atoms with Crippen molar-refractivity contribution >= 4 is 5.78 Å². The lowest BCUT2D eigenvalue weighted by Gasteiger charge is -2.70. The first kappa shape index (κ1) is 76.8. The number of carbonyl (C=O) groups excluding carboxylic acids is 1. The molecule has 0 aromatic carbocycles. The Kier molecular flexibility index (Phi) is 23.8. The lowest BCUT2D eigenvalue weighted by molar-refractivity contribution is -0.401. The molecule has 10 rings (SSSR count). The first-order valence-corrected chi connectivity index (χ1v) is 33.7. The largest absolute Gasteiger partial charge is 0.396 e. The van der Waals surface area contributed by atoms with Crippen LogP contribution in [0.3, 0.4) is 0 Å². The van der Waals surface area contributed by atoms with Gasteiger partial charge in [-0.25, -0.2) is 0 Å². The minimum atomic E-state index is -2.10. The fourth-order valence-corrected chi connectivity index (χ4v) is 18.6. The lowest BCUT2D eigenvalue weighted by atomic mass is 9.35. The number of fused-ring (bicyclic) bond motifs is 5. The van der Waals surface area contributed by atoms with Crippen LogP contribution in [0.1, 0.15) is 107 Å². The van der Waals surface area contributed by atoms with Crippen LogP contribution in [-0.4, -0.2) is 332 Å². The lowest BCUT2D eigenvalue weighted by Crippen LogP contribution is -2.67. The Morgan fingerprint density at radius 1 is 0.562 bits per heavy atom. The highest BCUT2D eigenvalue weighted by Gasteiger charge is 2.73. The normalized spacial score (nSPS) is 52.3. The van der Waals surface area contributed by atoms with Crippen LogP contribution in [0.15, 0.2) is 11.6 Å². The number of Topliss-reactive ketones (excluding diaryl/α,β-unsaturated/α-hetero) is 1. The SMILES string of the molecule is CC(C)=C[C@@H](C[C@](C)(O)[C@H]1C(=O)C[C@]2(CO)[C@@H]1CC[C@@H]1[C@@]3(C)CC[C@H](O[C@@H]4OC[C@H](O)[C@H](O[C@@H]5O[C@H](CO[C@@H]6O[C@H](CO)[C@@H](O)[C@H](O)[C@H]6O)[C@@H](O)[C@H](O)[C@H]5O[C@@H]5OC[C@@H](O)[C@H](O)[C@H]5O)[C@H]4O[C@@H]4O[C@@H](C)[C@H](O)[C@@H](O)[C@H]4O)C(C)(C)[C@@H]3CC[C@]12C)O[C@@H]1O[C@H](CO)[C@@H](O)[C@H](O)[C@H]1O. The maximum Gasteiger partial charge on any atom is 0.187 e. The Morgan fingerprint density at radius 2 is 1.11 bits per heavy atom. The van der Waals surface area contributed by atoms with Crippen LogP contribution in [0, 0.1) is 45.3 Å². The zero-order valence-electron chi connectivity index (χ0n) is 55.4. The molecule has 554 valence electrons. The Labute approximate surface area is 556 Å². The molecule has 38 atom stereocenters. The van der Waals surface area contributed by atoms with Gasteiger partial charge in [0.2, 0.25) is 0 Å². The topological polar surface area (TPSA) is 512 Å². The second-order valence-corrected chi connectivity index (χ2v) is 30.4. The van der Waals surface area contributed by atoms with Crippen molar-refractivity contribution in [2.45, 2.75) is 297 Å². The summed E-state index contributed by atoms with van der Waals surface area (Å²) in [7, 11) is 0. The second-order valence-electron chi connectivity index (χ2n) is 30.4. The molecule has 0 aromatic heterocycles. The highest BCUT2D eigenvalue weighted by Crippen LogP contribution is 2.75. The number of hydrogen-bond donors (Lipinski definition) is 19. The first-order valence-electron chi connectivity index (χ1n) is 33.7. The van der Waals surface area contributed by atoms with E-state index in [0.29, 0.717) is 38.5 Å². The molecule has 0 spiro atoms. The van der Waals surface area contributed by atoms with Crippen molar-refractivity contribution in [3.8, 4) is 0 Å². The maximum atomic E-state index is 14.9. The van der Waals surface area contributed by atoms with E-state index in [1.54, 1.807) is 26.8 Å². The Morgan fingerprint density at radius 3 is 1.75 bits per heavy atom. The highest BCUT2D eigenvalue weighted by atomic mass is 16.8. The summed E-state index contributed by atoms with van der Waals surface area (Å²) >= 11 is 0. The summed E-state index contributed by atoms with van der Waals surface area (Å²) in [5, 5.41) is 209. The molecule has 0 aromatic rings. The summed E-state index contributed by atoms with van der Waals surface area (Å²) < 4.78 is 73.3. The van der Waals surface area contributed by atoms with Gasteiger partial charge in [0.25, 0.3) is 0 Å². The molecule has 0 amide bonds. The number of aliphatic hydroxyl groups excluding tert-OH is 18. The fraction of sp³-hybridized carbons (Fsp3) is 0.953. The van der Waals surface area contributed by atoms with Gasteiger partial charge in [-0.2, -0.15) is 0 Å². The summed E-state index contributed by atoms with van der Waals surface area (Å²) in [5.41, 5.74) is -3.84. The van der Waals surface area contributed by atoms with Crippen LogP contribution in [0.4, 0.5) is 0 Å². The van der Waals surface area contributed by atoms with Crippen LogP contribution >= 0.6 is 0 Å². The third-order valence-electron chi connectivity index (χ3n) is 23.8. The van der Waals surface area contributed by atoms with E-state index in [1.807, 2.05) is 0 Å². The van der Waals surface area contributed by atoms with Gasteiger partial charge in [-0.15, -0.1) is 0 Å². The van der Waals surface area contributed by atoms with Crippen LogP contribution in [0.5, 0.6) is 0 Å². The van der Waals surface area contributed by atoms with Gasteiger partial charge in [0, 0.05) is 30.8 Å². The molecule has 6 saturated heterocycles. The number of aliphatic hydroxyl groups is 19. The Bertz CT molecular complexity index is 2620. The average molecular weight is 1390 g/mol. The zero-order chi connectivity index (χ0) is 70.4. The van der Waals surface area contributed by atoms with Crippen molar-refractivity contribution in [2.75, 3.05) is 39.6 Å². The smallest absolute Gasteiger partial charge is 0.187 e. The summed E-state index contributed by atoms with van der Waals surface area (Å²) in [6.07, 6.45) is -45.6. The predicted molar refractivity (Wildman–Crippen MR) is 320 cm³/mol. The first-order chi connectivity index (χ1) is 45.0. The molecule has 32 nitrogen and oxygen atoms in total. The monoisotopic (exact) mass is 1390 g/mol. The molecule has 19 N–H and O–H groups in total. The standard InChI is InChI=1S/C64H106O32/c1-24(2)15-26(89-57-50(83)45(78)41(74)32(19-66)91-57)16-63(8,84)37-27-9-10-35-61(6)13-12-36(60(4,5)34(61)11-14-62(35,7)64(27,23-67)17-28(37)68)93-58-53(96-56-49(82)43(76)38(71)25(3)88-56)51(30(70)21-86-58)94-59-52(95-55-47(80)39(72)29(69)20-85-55)46(79)42(75)33(92-59)22-87-54-48(81)44(77)40(73)31(18-65)90-54/h15,25-27,29-59,65-67,69-84H,9-14,16-23H2,1-8H3/t25-,26-,27+,29+,30-,31+,32+,33+,34-,35+,36-,37+,38-,39-,40+,41+,42+,43+,44-,45-,46-,47+,48+,49+,50+,51-,52+,53+,54+,55-,56-,57+,58-,59-,61-,62+,63-,64-/m0/s1. The minimum Gasteiger partial charge on any atom is -0.396 e. The summed E-state index contributed by atoms with van der Waals surface area (Å²) in [6, 6.07) is 0. The predicted octanol–water partition coefficient (Wildman–Crippen LogP) is -6.10. The molecule has 4 saturated carbocycles. The van der Waals surface area contributed by atoms with Crippen molar-refractivity contribution in [3.63, 3.8) is 0 Å². The minimum absolute atomic E-state index is 0.0130. The number of allylic oxidation sites excluding steroid dienone is 1. The van der Waals surface area contributed by atoms with Crippen molar-refractivity contribution in [3.05, 3.63) is 11.6 Å². The quantitative estimate of drug-likeness (QED) is 0.0398. The summed E-state index contributed by atoms with van der Waals surface area (Å²) in [6.45, 7) is 11.3. The molecule has 32 heteroatoms. The van der Waals surface area contributed by atoms with E-state index in [2.05, 4.69) is 27.7 Å². The Hall–Kier alpha value is -1.83. The van der Waals surface area contributed by atoms with E-state index in [1.165, 1.54) is 6.92 Å². The number of ether oxygens (including phenoxy) is 12. The van der Waals surface area contributed by atoms with Crippen LogP contribution < -0.4 is 0 Å². The second kappa shape index (κ2) is 29.7. The average Bonchev–Trinajstić information content (AvgIpc) is 1.28. The van der Waals surface area contributed by atoms with Crippen LogP contribution in [0.25, 0.3) is 0 Å². The van der Waals surface area contributed by atoms with E-state index in [9.17, 15) is 102 Å². The molecule has 0 radical (unpaired) electrons. The summed E-state index contributed by atoms with van der Waals surface area (Å²) in [4.78, 5) is 14.9. The number of hydrogen-bond acceptors (Lipinski definition) is 32. The van der Waals surface area contributed by atoms with E-state index >= 15 is 0 Å². The van der Waals surface area contributed by atoms with Gasteiger partial charge in [-0.3, -0.25) is 4.79 Å². The van der Waals surface area contributed by atoms with Crippen LogP contribution in [-0.2, 0) is 61.6 Å². The molecule has 4 aliphatic carbocycles. The molecule has 6 aliphatic heterocycles. The van der Waals surface area contributed by atoms with Crippen molar-refractivity contribution in [2.24, 2.45) is 45.3 Å². The maximum absolute atomic E-state index is 14.9. The van der Waals surface area contributed by atoms with Gasteiger partial charge in [-0.05, 0) is 100 Å². The van der Waals surface area contributed by atoms with Gasteiger partial charge in [0.05, 0.1) is 56.9 Å². The number of ketones is 1. The van der Waals surface area contributed by atoms with Gasteiger partial charge < -0.3 is 154 Å². The number of rotatable bonds is 20. The van der Waals surface area contributed by atoms with E-state index in [4.69, 9.17) is 56.8 Å². The van der Waals surface area contributed by atoms with Gasteiger partial charge >= 0.3 is 0 Å². The summed E-state index contributed by atoms with van der Waals surface area (Å²) in [5.74, 6) is -1.86. The molecule has 6 heterocycles. The number of carbonyl (C=O) groups is 1. The van der Waals surface area contributed by atoms with Gasteiger partial charge in [0.15, 0.2) is 37.7 Å². The van der Waals surface area contributed by atoms with Gasteiger partial charge in [-0.1, -0.05) is 39.3 Å². The third kappa shape index (κ3) is 14.0. The van der Waals surface area contributed by atoms with Crippen molar-refractivity contribution in [1.29, 1.82) is 0 Å². The third-order valence-corrected chi connectivity index (χ3v) is 23.8. The molecular weight excluding hydrogens is 1280 g/mol. The van der Waals surface area contributed by atoms with E-state index < -0.39 is 256 Å². The van der Waals surface area contributed by atoms with Crippen molar-refractivity contribution in [1.82, 2.24) is 0 Å². The van der Waals surface area contributed by atoms with E-state index in [-0.39, 0.29) is 37.1 Å². The van der Waals surface area contributed by atoms with Crippen LogP contribution in [0.2, 0.25) is 0 Å². The zero-order valence-corrected chi connectivity index (χ0v) is 55.4. The highest BCUT2D eigenvalue weighted by molar-refractivity contribution is 5.86. The van der Waals surface area contributed by atoms with E-state index in [0.717, 1.165) is 5.57 Å². The van der Waals surface area contributed by atoms with Gasteiger partial charge in [0.1, 0.15) is 134 Å². The Balaban J connectivity index is 0.906. The molecule has 0 unspecified atom stereocenters. The van der Waals surface area contributed by atoms with Crippen molar-refractivity contribution < 1.29 is 159 Å². The molecule has 96 heavy (non-hydrogen) atoms. The molecule has 10 fully saturated rings. The molecular formula is C64H106O32. The molecule has 0 bridgehead atoms. The fourth-order valence-electron chi connectivity index (χ4n) is 18.6.